The van der Waals surface area contributed by atoms with E-state index in [1.807, 2.05) is 12.1 Å². The maximum absolute atomic E-state index is 5.99. The van der Waals surface area contributed by atoms with Gasteiger partial charge in [0.25, 0.3) is 0 Å². The number of nitrogens with one attached hydrogen (secondary N) is 2. The molecule has 5 nitrogen and oxygen atoms in total. The molecule has 5 heteroatoms. The van der Waals surface area contributed by atoms with Gasteiger partial charge >= 0.3 is 0 Å². The summed E-state index contributed by atoms with van der Waals surface area (Å²) >= 11 is 0. The maximum Gasteiger partial charge on any atom is 0.191 e. The van der Waals surface area contributed by atoms with E-state index in [9.17, 15) is 0 Å². The molecule has 0 spiro atoms. The third-order valence-electron chi connectivity index (χ3n) is 5.63. The van der Waals surface area contributed by atoms with Crippen LogP contribution in [0.25, 0.3) is 0 Å². The van der Waals surface area contributed by atoms with E-state index >= 15 is 0 Å². The molecule has 3 rings (SSSR count). The van der Waals surface area contributed by atoms with Gasteiger partial charge in [0.1, 0.15) is 5.76 Å². The Morgan fingerprint density at radius 2 is 1.78 bits per heavy atom. The van der Waals surface area contributed by atoms with Crippen molar-refractivity contribution >= 4 is 5.96 Å². The Bertz CT molecular complexity index is 542. The molecule has 0 radical (unpaired) electrons. The van der Waals surface area contributed by atoms with E-state index < -0.39 is 0 Å². The lowest BCUT2D eigenvalue weighted by molar-refractivity contribution is -0.0152. The van der Waals surface area contributed by atoms with Crippen molar-refractivity contribution in [2.45, 2.75) is 102 Å². The number of furan rings is 1. The van der Waals surface area contributed by atoms with E-state index in [0.29, 0.717) is 24.3 Å². The smallest absolute Gasteiger partial charge is 0.191 e. The van der Waals surface area contributed by atoms with E-state index in [0.717, 1.165) is 50.4 Å². The van der Waals surface area contributed by atoms with E-state index in [2.05, 4.69) is 24.5 Å². The molecule has 2 aliphatic carbocycles. The number of guanidine groups is 1. The van der Waals surface area contributed by atoms with Crippen molar-refractivity contribution in [3.8, 4) is 0 Å². The zero-order valence-corrected chi connectivity index (χ0v) is 17.1. The van der Waals surface area contributed by atoms with Gasteiger partial charge in [-0.2, -0.15) is 0 Å². The molecule has 0 amide bonds. The molecule has 2 aliphatic rings. The number of rotatable bonds is 7. The number of nitrogens with zero attached hydrogens (tertiary/aromatic N) is 1. The zero-order valence-electron chi connectivity index (χ0n) is 17.1. The minimum Gasteiger partial charge on any atom is -0.469 e. The second kappa shape index (κ2) is 10.7. The quantitative estimate of drug-likeness (QED) is 0.547. The highest BCUT2D eigenvalue weighted by Crippen LogP contribution is 2.22. The normalized spacial score (nSPS) is 24.9. The number of hydrogen-bond acceptors (Lipinski definition) is 3. The summed E-state index contributed by atoms with van der Waals surface area (Å²) in [4.78, 5) is 4.86. The third-order valence-corrected chi connectivity index (χ3v) is 5.63. The summed E-state index contributed by atoms with van der Waals surface area (Å²) in [5.41, 5.74) is 0. The van der Waals surface area contributed by atoms with Crippen LogP contribution in [0.5, 0.6) is 0 Å². The Balaban J connectivity index is 1.50. The van der Waals surface area contributed by atoms with Gasteiger partial charge in [0.2, 0.25) is 0 Å². The maximum atomic E-state index is 5.99. The van der Waals surface area contributed by atoms with Gasteiger partial charge < -0.3 is 19.8 Å². The van der Waals surface area contributed by atoms with Crippen LogP contribution in [0.4, 0.5) is 0 Å². The number of ether oxygens (including phenoxy) is 1. The average molecular weight is 376 g/mol. The minimum absolute atomic E-state index is 0.325. The first-order valence-corrected chi connectivity index (χ1v) is 10.9. The Morgan fingerprint density at radius 3 is 2.41 bits per heavy atom. The van der Waals surface area contributed by atoms with Crippen LogP contribution in [0.3, 0.4) is 0 Å². The molecular formula is C22H37N3O2. The first-order chi connectivity index (χ1) is 13.2. The predicted octanol–water partition coefficient (Wildman–Crippen LogP) is 4.43. The van der Waals surface area contributed by atoms with Crippen LogP contribution < -0.4 is 10.6 Å². The number of hydrogen-bond donors (Lipinski definition) is 2. The molecule has 1 heterocycles. The van der Waals surface area contributed by atoms with E-state index in [1.54, 1.807) is 6.26 Å². The summed E-state index contributed by atoms with van der Waals surface area (Å²) in [5.74, 6) is 1.99. The first kappa shape index (κ1) is 20.2. The molecule has 0 atom stereocenters. The lowest BCUT2D eigenvalue weighted by atomic mass is 9.92. The lowest BCUT2D eigenvalue weighted by Gasteiger charge is -2.32. The molecule has 0 saturated heterocycles. The van der Waals surface area contributed by atoms with Crippen molar-refractivity contribution in [3.05, 3.63) is 24.2 Å². The molecule has 2 fully saturated rings. The fourth-order valence-electron chi connectivity index (χ4n) is 4.23. The minimum atomic E-state index is 0.325. The van der Waals surface area contributed by atoms with Gasteiger partial charge in [-0.15, -0.1) is 0 Å². The van der Waals surface area contributed by atoms with Crippen molar-refractivity contribution in [2.75, 3.05) is 6.54 Å². The van der Waals surface area contributed by atoms with E-state index in [4.69, 9.17) is 14.1 Å². The molecule has 27 heavy (non-hydrogen) atoms. The molecule has 1 aromatic rings. The summed E-state index contributed by atoms with van der Waals surface area (Å²) in [7, 11) is 0. The van der Waals surface area contributed by atoms with Gasteiger partial charge in [-0.05, 0) is 64.5 Å². The molecular weight excluding hydrogens is 338 g/mol. The average Bonchev–Trinajstić information content (AvgIpc) is 3.17. The van der Waals surface area contributed by atoms with Crippen LogP contribution in [0, 0.1) is 0 Å². The molecule has 152 valence electrons. The first-order valence-electron chi connectivity index (χ1n) is 10.9. The molecule has 0 bridgehead atoms. The van der Waals surface area contributed by atoms with Crippen LogP contribution in [-0.4, -0.2) is 36.8 Å². The molecule has 0 aliphatic heterocycles. The highest BCUT2D eigenvalue weighted by Gasteiger charge is 2.24. The standard InChI is InChI=1S/C22H37N3O2/c1-17(2)27-21-12-10-19(11-13-21)25-22(24-18-7-4-3-5-8-18)23-15-14-20-9-6-16-26-20/h6,9,16-19,21H,3-5,7-8,10-15H2,1-2H3,(H2,23,24,25). The largest absolute Gasteiger partial charge is 0.469 e. The molecule has 2 saturated carbocycles. The second-order valence-corrected chi connectivity index (χ2v) is 8.34. The highest BCUT2D eigenvalue weighted by atomic mass is 16.5. The van der Waals surface area contributed by atoms with Crippen LogP contribution in [0.1, 0.15) is 77.4 Å². The van der Waals surface area contributed by atoms with Crippen molar-refractivity contribution in [2.24, 2.45) is 4.99 Å². The Kier molecular flexibility index (Phi) is 8.06. The predicted molar refractivity (Wildman–Crippen MR) is 110 cm³/mol. The fraction of sp³-hybridized carbons (Fsp3) is 0.773. The molecule has 0 unspecified atom stereocenters. The summed E-state index contributed by atoms with van der Waals surface area (Å²) in [6, 6.07) is 5.02. The lowest BCUT2D eigenvalue weighted by Crippen LogP contribution is -2.49. The van der Waals surface area contributed by atoms with Gasteiger partial charge in [0.15, 0.2) is 5.96 Å². The topological polar surface area (TPSA) is 58.8 Å². The van der Waals surface area contributed by atoms with Gasteiger partial charge in [-0.3, -0.25) is 4.99 Å². The van der Waals surface area contributed by atoms with Crippen LogP contribution in [-0.2, 0) is 11.2 Å². The zero-order chi connectivity index (χ0) is 18.9. The highest BCUT2D eigenvalue weighted by molar-refractivity contribution is 5.80. The third kappa shape index (κ3) is 7.21. The Morgan fingerprint density at radius 1 is 1.07 bits per heavy atom. The van der Waals surface area contributed by atoms with E-state index in [-0.39, 0.29) is 0 Å². The Hall–Kier alpha value is -1.49. The van der Waals surface area contributed by atoms with Crippen LogP contribution >= 0.6 is 0 Å². The van der Waals surface area contributed by atoms with Crippen molar-refractivity contribution < 1.29 is 9.15 Å². The van der Waals surface area contributed by atoms with Gasteiger partial charge in [0.05, 0.1) is 18.5 Å². The SMILES string of the molecule is CC(C)OC1CCC(NC(=NCCc2ccco2)NC2CCCCC2)CC1. The second-order valence-electron chi connectivity index (χ2n) is 8.34. The summed E-state index contributed by atoms with van der Waals surface area (Å²) in [5, 5.41) is 7.41. The molecule has 2 N–H and O–H groups in total. The Labute approximate surface area is 164 Å². The molecule has 1 aromatic heterocycles. The summed E-state index contributed by atoms with van der Waals surface area (Å²) in [6.45, 7) is 5.01. The summed E-state index contributed by atoms with van der Waals surface area (Å²) in [6.07, 6.45) is 14.5. The van der Waals surface area contributed by atoms with E-state index in [1.165, 1.54) is 32.1 Å². The van der Waals surface area contributed by atoms with Crippen LogP contribution in [0.15, 0.2) is 27.8 Å². The van der Waals surface area contributed by atoms with Gasteiger partial charge in [-0.25, -0.2) is 0 Å². The van der Waals surface area contributed by atoms with Crippen molar-refractivity contribution in [3.63, 3.8) is 0 Å². The summed E-state index contributed by atoms with van der Waals surface area (Å²) < 4.78 is 11.4. The fourth-order valence-corrected chi connectivity index (χ4v) is 4.23. The van der Waals surface area contributed by atoms with Crippen molar-refractivity contribution in [1.29, 1.82) is 0 Å². The number of aliphatic imine (C=N–C) groups is 1. The monoisotopic (exact) mass is 375 g/mol. The van der Waals surface area contributed by atoms with Gasteiger partial charge in [-0.1, -0.05) is 19.3 Å². The molecule has 0 aromatic carbocycles. The van der Waals surface area contributed by atoms with Gasteiger partial charge in [0, 0.05) is 25.0 Å². The van der Waals surface area contributed by atoms with Crippen molar-refractivity contribution in [1.82, 2.24) is 10.6 Å². The van der Waals surface area contributed by atoms with Crippen LogP contribution in [0.2, 0.25) is 0 Å².